The van der Waals surface area contributed by atoms with Crippen LogP contribution in [-0.4, -0.2) is 17.5 Å². The van der Waals surface area contributed by atoms with Crippen molar-refractivity contribution in [1.82, 2.24) is 4.57 Å². The normalized spacial score (nSPS) is 13.6. The van der Waals surface area contributed by atoms with Crippen molar-refractivity contribution in [1.29, 1.82) is 0 Å². The number of unbranched alkanes of at least 4 members (excludes halogenated alkanes) is 1. The Morgan fingerprint density at radius 2 is 1.88 bits per heavy atom. The summed E-state index contributed by atoms with van der Waals surface area (Å²) >= 11 is 0. The summed E-state index contributed by atoms with van der Waals surface area (Å²) in [7, 11) is 1.69. The molecule has 2 aromatic rings. The number of aromatic nitrogens is 1. The zero-order valence-corrected chi connectivity index (χ0v) is 15.0. The zero-order valence-electron chi connectivity index (χ0n) is 15.0. The third kappa shape index (κ3) is 3.00. The number of nitrogens with zero attached hydrogens (tertiary/aromatic N) is 1. The Kier molecular flexibility index (Phi) is 5.08. The van der Waals surface area contributed by atoms with Gasteiger partial charge in [0, 0.05) is 22.6 Å². The van der Waals surface area contributed by atoms with E-state index in [4.69, 9.17) is 4.74 Å². The van der Waals surface area contributed by atoms with Crippen LogP contribution in [0.3, 0.4) is 0 Å². The molecule has 0 aliphatic heterocycles. The van der Waals surface area contributed by atoms with Gasteiger partial charge in [-0.05, 0) is 75.3 Å². The summed E-state index contributed by atoms with van der Waals surface area (Å²) < 4.78 is 7.65. The fourth-order valence-electron chi connectivity index (χ4n) is 3.89. The molecule has 3 heteroatoms. The predicted octanol–water partition coefficient (Wildman–Crippen LogP) is 4.91. The van der Waals surface area contributed by atoms with Gasteiger partial charge in [0.25, 0.3) is 0 Å². The average molecular weight is 325 g/mol. The molecule has 1 aromatic heterocycles. The molecule has 0 saturated heterocycles. The standard InChI is InChI=1S/C21H27NO2/c1-4-5-9-20-21(15(2)23)18-8-6-7-10-19(18)22(20)16-11-13-17(24-3)14-12-16/h11-14H,4-10H2,1-3H3. The van der Waals surface area contributed by atoms with Gasteiger partial charge in [0.2, 0.25) is 0 Å². The van der Waals surface area contributed by atoms with Crippen molar-refractivity contribution >= 4 is 5.78 Å². The summed E-state index contributed by atoms with van der Waals surface area (Å²) in [6.07, 6.45) is 7.70. The van der Waals surface area contributed by atoms with Crippen LogP contribution in [0.4, 0.5) is 0 Å². The number of hydrogen-bond acceptors (Lipinski definition) is 2. The zero-order chi connectivity index (χ0) is 17.1. The van der Waals surface area contributed by atoms with Gasteiger partial charge < -0.3 is 9.30 Å². The molecule has 0 atom stereocenters. The van der Waals surface area contributed by atoms with Crippen molar-refractivity contribution in [3.63, 3.8) is 0 Å². The number of rotatable bonds is 6. The smallest absolute Gasteiger partial charge is 0.161 e. The molecule has 0 N–H and O–H groups in total. The molecule has 3 nitrogen and oxygen atoms in total. The van der Waals surface area contributed by atoms with E-state index in [-0.39, 0.29) is 5.78 Å². The van der Waals surface area contributed by atoms with Crippen molar-refractivity contribution in [2.24, 2.45) is 0 Å². The molecule has 0 radical (unpaired) electrons. The van der Waals surface area contributed by atoms with E-state index in [1.165, 1.54) is 29.8 Å². The third-order valence-corrected chi connectivity index (χ3v) is 5.02. The van der Waals surface area contributed by atoms with Crippen LogP contribution >= 0.6 is 0 Å². The van der Waals surface area contributed by atoms with Gasteiger partial charge >= 0.3 is 0 Å². The number of Topliss-reactive ketones (excluding diaryl/α,β-unsaturated/α-hetero) is 1. The van der Waals surface area contributed by atoms with Crippen LogP contribution in [0.15, 0.2) is 24.3 Å². The largest absolute Gasteiger partial charge is 0.497 e. The maximum atomic E-state index is 12.4. The van der Waals surface area contributed by atoms with Crippen LogP contribution in [0.25, 0.3) is 5.69 Å². The van der Waals surface area contributed by atoms with Crippen LogP contribution in [0.2, 0.25) is 0 Å². The van der Waals surface area contributed by atoms with Crippen molar-refractivity contribution in [2.45, 2.75) is 58.8 Å². The number of carbonyl (C=O) groups is 1. The molecule has 128 valence electrons. The molecular formula is C21H27NO2. The van der Waals surface area contributed by atoms with Gasteiger partial charge in [0.15, 0.2) is 5.78 Å². The Labute approximate surface area is 144 Å². The SMILES string of the molecule is CCCCc1c(C(C)=O)c2c(n1-c1ccc(OC)cc1)CCCC2. The molecular weight excluding hydrogens is 298 g/mol. The number of benzene rings is 1. The van der Waals surface area contributed by atoms with Crippen molar-refractivity contribution in [3.05, 3.63) is 46.8 Å². The molecule has 24 heavy (non-hydrogen) atoms. The Morgan fingerprint density at radius 1 is 1.17 bits per heavy atom. The van der Waals surface area contributed by atoms with Crippen LogP contribution in [0, 0.1) is 0 Å². The van der Waals surface area contributed by atoms with E-state index in [1.54, 1.807) is 14.0 Å². The average Bonchev–Trinajstić information content (AvgIpc) is 2.94. The van der Waals surface area contributed by atoms with Gasteiger partial charge in [-0.2, -0.15) is 0 Å². The van der Waals surface area contributed by atoms with Crippen LogP contribution in [-0.2, 0) is 19.3 Å². The second kappa shape index (κ2) is 7.25. The van der Waals surface area contributed by atoms with Crippen LogP contribution in [0.5, 0.6) is 5.75 Å². The quantitative estimate of drug-likeness (QED) is 0.707. The Morgan fingerprint density at radius 3 is 2.50 bits per heavy atom. The van der Waals surface area contributed by atoms with E-state index in [9.17, 15) is 4.79 Å². The fourth-order valence-corrected chi connectivity index (χ4v) is 3.89. The van der Waals surface area contributed by atoms with E-state index >= 15 is 0 Å². The van der Waals surface area contributed by atoms with E-state index in [0.29, 0.717) is 0 Å². The predicted molar refractivity (Wildman–Crippen MR) is 97.6 cm³/mol. The lowest BCUT2D eigenvalue weighted by Crippen LogP contribution is -2.08. The van der Waals surface area contributed by atoms with Crippen molar-refractivity contribution < 1.29 is 9.53 Å². The third-order valence-electron chi connectivity index (χ3n) is 5.02. The molecule has 0 spiro atoms. The molecule has 0 bridgehead atoms. The summed E-state index contributed by atoms with van der Waals surface area (Å²) in [6.45, 7) is 3.92. The maximum absolute atomic E-state index is 12.4. The summed E-state index contributed by atoms with van der Waals surface area (Å²) in [6, 6.07) is 8.21. The molecule has 0 amide bonds. The topological polar surface area (TPSA) is 31.2 Å². The number of carbonyl (C=O) groups excluding carboxylic acids is 1. The first-order valence-electron chi connectivity index (χ1n) is 9.08. The number of fused-ring (bicyclic) bond motifs is 1. The molecule has 1 heterocycles. The van der Waals surface area contributed by atoms with E-state index in [0.717, 1.165) is 49.1 Å². The number of ether oxygens (including phenoxy) is 1. The highest BCUT2D eigenvalue weighted by Crippen LogP contribution is 2.34. The monoisotopic (exact) mass is 325 g/mol. The number of methoxy groups -OCH3 is 1. The second-order valence-electron chi connectivity index (χ2n) is 6.65. The van der Waals surface area contributed by atoms with E-state index in [1.807, 2.05) is 12.1 Å². The maximum Gasteiger partial charge on any atom is 0.161 e. The summed E-state index contributed by atoms with van der Waals surface area (Å²) in [5, 5.41) is 0. The summed E-state index contributed by atoms with van der Waals surface area (Å²) in [4.78, 5) is 12.4. The van der Waals surface area contributed by atoms with Gasteiger partial charge in [-0.15, -0.1) is 0 Å². The fraction of sp³-hybridized carbons (Fsp3) is 0.476. The number of ketones is 1. The molecule has 0 fully saturated rings. The molecule has 1 aliphatic carbocycles. The Balaban J connectivity index is 2.19. The Hall–Kier alpha value is -2.03. The lowest BCUT2D eigenvalue weighted by atomic mass is 9.92. The number of hydrogen-bond donors (Lipinski definition) is 0. The van der Waals surface area contributed by atoms with Crippen molar-refractivity contribution in [3.8, 4) is 11.4 Å². The first-order chi connectivity index (χ1) is 11.7. The second-order valence-corrected chi connectivity index (χ2v) is 6.65. The van der Waals surface area contributed by atoms with Gasteiger partial charge in [-0.25, -0.2) is 0 Å². The van der Waals surface area contributed by atoms with Gasteiger partial charge in [0.1, 0.15) is 5.75 Å². The minimum absolute atomic E-state index is 0.214. The molecule has 1 aromatic carbocycles. The van der Waals surface area contributed by atoms with Crippen LogP contribution in [0.1, 0.15) is 66.8 Å². The van der Waals surface area contributed by atoms with Gasteiger partial charge in [-0.1, -0.05) is 13.3 Å². The highest BCUT2D eigenvalue weighted by atomic mass is 16.5. The highest BCUT2D eigenvalue weighted by molar-refractivity contribution is 5.97. The van der Waals surface area contributed by atoms with Crippen molar-refractivity contribution in [2.75, 3.05) is 7.11 Å². The Bertz CT molecular complexity index is 725. The molecule has 3 rings (SSSR count). The van der Waals surface area contributed by atoms with E-state index in [2.05, 4.69) is 23.6 Å². The molecule has 0 unspecified atom stereocenters. The molecule has 0 saturated carbocycles. The van der Waals surface area contributed by atoms with E-state index < -0.39 is 0 Å². The molecule has 1 aliphatic rings. The van der Waals surface area contributed by atoms with Gasteiger partial charge in [0.05, 0.1) is 7.11 Å². The lowest BCUT2D eigenvalue weighted by Gasteiger charge is -2.17. The van der Waals surface area contributed by atoms with Gasteiger partial charge in [-0.3, -0.25) is 4.79 Å². The summed E-state index contributed by atoms with van der Waals surface area (Å²) in [5.74, 6) is 1.08. The summed E-state index contributed by atoms with van der Waals surface area (Å²) in [5.41, 5.74) is 6.00. The minimum atomic E-state index is 0.214. The lowest BCUT2D eigenvalue weighted by molar-refractivity contribution is 0.101. The highest BCUT2D eigenvalue weighted by Gasteiger charge is 2.27. The van der Waals surface area contributed by atoms with Crippen LogP contribution < -0.4 is 4.74 Å². The first-order valence-corrected chi connectivity index (χ1v) is 9.08. The first kappa shape index (κ1) is 16.8. The minimum Gasteiger partial charge on any atom is -0.497 e.